The van der Waals surface area contributed by atoms with Crippen molar-refractivity contribution in [2.75, 3.05) is 25.5 Å². The van der Waals surface area contributed by atoms with Gasteiger partial charge in [0.15, 0.2) is 23.1 Å². The second kappa shape index (κ2) is 7.42. The van der Waals surface area contributed by atoms with Crippen LogP contribution in [0.5, 0.6) is 5.75 Å². The van der Waals surface area contributed by atoms with E-state index in [9.17, 15) is 13.2 Å². The van der Waals surface area contributed by atoms with Gasteiger partial charge in [-0.2, -0.15) is 5.10 Å². The molecular weight excluding hydrogens is 397 g/mol. The molecule has 0 unspecified atom stereocenters. The number of piperidine rings is 1. The molecule has 0 spiro atoms. The number of nitrogens with one attached hydrogen (secondary N) is 2. The maximum atomic E-state index is 14.7. The summed E-state index contributed by atoms with van der Waals surface area (Å²) in [6.07, 6.45) is 2.67. The Morgan fingerprint density at radius 1 is 1.20 bits per heavy atom. The lowest BCUT2D eigenvalue weighted by Crippen LogP contribution is -2.44. The number of fused-ring (bicyclic) bond motifs is 1. The van der Waals surface area contributed by atoms with E-state index >= 15 is 0 Å². The first-order valence-corrected chi connectivity index (χ1v) is 9.94. The summed E-state index contributed by atoms with van der Waals surface area (Å²) in [5.41, 5.74) is 1.49. The van der Waals surface area contributed by atoms with Gasteiger partial charge in [0.2, 0.25) is 0 Å². The van der Waals surface area contributed by atoms with E-state index in [1.807, 2.05) is 0 Å². The lowest BCUT2D eigenvalue weighted by molar-refractivity contribution is 0.254. The zero-order chi connectivity index (χ0) is 20.8. The number of rotatable bonds is 5. The van der Waals surface area contributed by atoms with Crippen molar-refractivity contribution < 1.29 is 17.9 Å². The van der Waals surface area contributed by atoms with E-state index in [1.165, 1.54) is 10.7 Å². The highest BCUT2D eigenvalue weighted by Gasteiger charge is 2.30. The van der Waals surface area contributed by atoms with Crippen molar-refractivity contribution in [2.24, 2.45) is 0 Å². The van der Waals surface area contributed by atoms with E-state index in [-0.39, 0.29) is 30.5 Å². The standard InChI is InChI=1S/C20H21F3N6O/c1-30-16-6-17-25-9-15(29(17)28-18(16)10-2-3-10)19-13(22)5-14(23)20(27-19)26-12-4-11(21)7-24-8-12/h5-6,9-12,24H,2-4,7-8H2,1H3,(H,26,27)/t11-,12+/m0/s1. The highest BCUT2D eigenvalue weighted by molar-refractivity contribution is 5.63. The molecule has 2 N–H and O–H groups in total. The molecule has 30 heavy (non-hydrogen) atoms. The van der Waals surface area contributed by atoms with Gasteiger partial charge in [-0.1, -0.05) is 0 Å². The summed E-state index contributed by atoms with van der Waals surface area (Å²) in [4.78, 5) is 8.46. The molecule has 0 radical (unpaired) electrons. The van der Waals surface area contributed by atoms with Gasteiger partial charge in [-0.25, -0.2) is 27.7 Å². The Labute approximate surface area is 170 Å². The fraction of sp³-hybridized carbons (Fsp3) is 0.450. The largest absolute Gasteiger partial charge is 0.495 e. The van der Waals surface area contributed by atoms with Gasteiger partial charge in [0.25, 0.3) is 0 Å². The highest BCUT2D eigenvalue weighted by Crippen LogP contribution is 2.43. The van der Waals surface area contributed by atoms with Crippen molar-refractivity contribution in [1.29, 1.82) is 0 Å². The van der Waals surface area contributed by atoms with Crippen molar-refractivity contribution in [3.8, 4) is 17.1 Å². The Balaban J connectivity index is 1.55. The van der Waals surface area contributed by atoms with E-state index in [0.29, 0.717) is 29.6 Å². The topological polar surface area (TPSA) is 76.4 Å². The first-order chi connectivity index (χ1) is 14.5. The molecule has 2 fully saturated rings. The molecule has 1 aliphatic carbocycles. The van der Waals surface area contributed by atoms with Crippen molar-refractivity contribution in [1.82, 2.24) is 24.9 Å². The number of methoxy groups -OCH3 is 1. The molecule has 0 aromatic carbocycles. The molecule has 2 aliphatic rings. The van der Waals surface area contributed by atoms with E-state index in [1.54, 1.807) is 13.2 Å². The van der Waals surface area contributed by atoms with Crippen LogP contribution in [0.4, 0.5) is 19.0 Å². The fourth-order valence-electron chi connectivity index (χ4n) is 3.82. The van der Waals surface area contributed by atoms with E-state index in [2.05, 4.69) is 25.7 Å². The molecule has 10 heteroatoms. The van der Waals surface area contributed by atoms with Crippen molar-refractivity contribution >= 4 is 11.5 Å². The number of alkyl halides is 1. The van der Waals surface area contributed by atoms with Gasteiger partial charge in [-0.15, -0.1) is 0 Å². The van der Waals surface area contributed by atoms with Gasteiger partial charge in [-0.3, -0.25) is 0 Å². The molecular formula is C20H21F3N6O. The minimum Gasteiger partial charge on any atom is -0.495 e. The fourth-order valence-corrected chi connectivity index (χ4v) is 3.82. The number of aromatic nitrogens is 4. The Kier molecular flexibility index (Phi) is 4.73. The number of hydrogen-bond donors (Lipinski definition) is 2. The molecule has 3 aromatic rings. The summed E-state index contributed by atoms with van der Waals surface area (Å²) in [6, 6.07) is 2.18. The monoisotopic (exact) mass is 418 g/mol. The molecule has 3 aromatic heterocycles. The lowest BCUT2D eigenvalue weighted by Gasteiger charge is -2.27. The van der Waals surface area contributed by atoms with Gasteiger partial charge >= 0.3 is 0 Å². The molecule has 2 atom stereocenters. The van der Waals surface area contributed by atoms with E-state index in [4.69, 9.17) is 4.74 Å². The molecule has 158 valence electrons. The van der Waals surface area contributed by atoms with Crippen LogP contribution in [0.3, 0.4) is 0 Å². The predicted octanol–water partition coefficient (Wildman–Crippen LogP) is 3.07. The highest BCUT2D eigenvalue weighted by atomic mass is 19.1. The minimum atomic E-state index is -1.03. The third-order valence-corrected chi connectivity index (χ3v) is 5.48. The smallest absolute Gasteiger partial charge is 0.168 e. The zero-order valence-corrected chi connectivity index (χ0v) is 16.3. The molecule has 5 rings (SSSR count). The molecule has 0 amide bonds. The predicted molar refractivity (Wildman–Crippen MR) is 104 cm³/mol. The third-order valence-electron chi connectivity index (χ3n) is 5.48. The summed E-state index contributed by atoms with van der Waals surface area (Å²) in [6.45, 7) is 0.735. The third kappa shape index (κ3) is 3.45. The normalized spacial score (nSPS) is 21.7. The van der Waals surface area contributed by atoms with Crippen LogP contribution in [0.25, 0.3) is 17.0 Å². The summed E-state index contributed by atoms with van der Waals surface area (Å²) >= 11 is 0. The van der Waals surface area contributed by atoms with Crippen LogP contribution in [0.15, 0.2) is 18.3 Å². The maximum absolute atomic E-state index is 14.7. The van der Waals surface area contributed by atoms with Gasteiger partial charge in [-0.05, 0) is 12.8 Å². The number of pyridine rings is 1. The van der Waals surface area contributed by atoms with Crippen molar-refractivity contribution in [2.45, 2.75) is 37.4 Å². The summed E-state index contributed by atoms with van der Waals surface area (Å²) < 4.78 is 49.6. The quantitative estimate of drug-likeness (QED) is 0.663. The maximum Gasteiger partial charge on any atom is 0.168 e. The SMILES string of the molecule is COc1cc2ncc(-c3nc(N[C@H]4CNC[C@@H](F)C4)c(F)cc3F)n2nc1C1CC1. The summed E-state index contributed by atoms with van der Waals surface area (Å²) in [5, 5.41) is 10.4. The van der Waals surface area contributed by atoms with Crippen LogP contribution < -0.4 is 15.4 Å². The second-order valence-electron chi connectivity index (χ2n) is 7.77. The van der Waals surface area contributed by atoms with Crippen LogP contribution >= 0.6 is 0 Å². The van der Waals surface area contributed by atoms with Gasteiger partial charge in [0, 0.05) is 43.6 Å². The molecule has 1 aliphatic heterocycles. The Morgan fingerprint density at radius 3 is 2.77 bits per heavy atom. The van der Waals surface area contributed by atoms with E-state index < -0.39 is 17.8 Å². The molecule has 1 saturated carbocycles. The second-order valence-corrected chi connectivity index (χ2v) is 7.77. The first-order valence-electron chi connectivity index (χ1n) is 9.94. The van der Waals surface area contributed by atoms with Crippen LogP contribution in [-0.2, 0) is 0 Å². The van der Waals surface area contributed by atoms with Crippen LogP contribution in [0.1, 0.15) is 30.9 Å². The number of anilines is 1. The number of ether oxygens (including phenoxy) is 1. The van der Waals surface area contributed by atoms with Crippen LogP contribution in [0, 0.1) is 11.6 Å². The number of nitrogens with zero attached hydrogens (tertiary/aromatic N) is 4. The molecule has 0 bridgehead atoms. The van der Waals surface area contributed by atoms with Crippen molar-refractivity contribution in [3.63, 3.8) is 0 Å². The van der Waals surface area contributed by atoms with Gasteiger partial charge in [0.1, 0.15) is 29.0 Å². The Bertz CT molecular complexity index is 1100. The first kappa shape index (κ1) is 19.1. The number of halogens is 3. The lowest BCUT2D eigenvalue weighted by atomic mass is 10.1. The summed E-state index contributed by atoms with van der Waals surface area (Å²) in [5.74, 6) is -0.842. The Morgan fingerprint density at radius 2 is 2.03 bits per heavy atom. The average Bonchev–Trinajstić information content (AvgIpc) is 3.49. The average molecular weight is 418 g/mol. The van der Waals surface area contributed by atoms with Crippen LogP contribution in [0.2, 0.25) is 0 Å². The van der Waals surface area contributed by atoms with Gasteiger partial charge in [0.05, 0.1) is 13.3 Å². The molecule has 7 nitrogen and oxygen atoms in total. The van der Waals surface area contributed by atoms with E-state index in [0.717, 1.165) is 24.6 Å². The molecule has 4 heterocycles. The number of imidazole rings is 1. The summed E-state index contributed by atoms with van der Waals surface area (Å²) in [7, 11) is 1.57. The minimum absolute atomic E-state index is 0.0774. The molecule has 1 saturated heterocycles. The number of hydrogen-bond acceptors (Lipinski definition) is 6. The van der Waals surface area contributed by atoms with Crippen LogP contribution in [-0.4, -0.2) is 52.0 Å². The van der Waals surface area contributed by atoms with Gasteiger partial charge < -0.3 is 15.4 Å². The zero-order valence-electron chi connectivity index (χ0n) is 16.3. The Hall–Kier alpha value is -2.88. The van der Waals surface area contributed by atoms with Crippen molar-refractivity contribution in [3.05, 3.63) is 35.7 Å².